The molecule has 0 saturated heterocycles. The van der Waals surface area contributed by atoms with Gasteiger partial charge in [-0.2, -0.15) is 0 Å². The first-order chi connectivity index (χ1) is 6.42. The molecule has 0 aliphatic carbocycles. The predicted octanol–water partition coefficient (Wildman–Crippen LogP) is 0.934. The van der Waals surface area contributed by atoms with E-state index in [4.69, 9.17) is 9.84 Å². The van der Waals surface area contributed by atoms with Gasteiger partial charge < -0.3 is 14.8 Å². The number of hydrogen-bond donors (Lipinski definition) is 2. The van der Waals surface area contributed by atoms with Crippen LogP contribution >= 0.6 is 0 Å². The summed E-state index contributed by atoms with van der Waals surface area (Å²) in [4.78, 5) is 7.07. The summed E-state index contributed by atoms with van der Waals surface area (Å²) < 4.78 is 5.31. The van der Waals surface area contributed by atoms with Gasteiger partial charge in [-0.15, -0.1) is 0 Å². The molecule has 2 rings (SSSR count). The van der Waals surface area contributed by atoms with E-state index in [0.717, 1.165) is 16.8 Å². The Labute approximate surface area is 75.2 Å². The van der Waals surface area contributed by atoms with Crippen LogP contribution in [-0.4, -0.2) is 28.3 Å². The summed E-state index contributed by atoms with van der Waals surface area (Å²) in [5, 5.41) is 8.60. The van der Waals surface area contributed by atoms with E-state index in [0.29, 0.717) is 6.61 Å². The van der Waals surface area contributed by atoms with Crippen molar-refractivity contribution >= 4 is 11.0 Å². The van der Waals surface area contributed by atoms with E-state index in [1.165, 1.54) is 0 Å². The molecule has 1 heterocycles. The summed E-state index contributed by atoms with van der Waals surface area (Å²) in [6.07, 6.45) is 1.62. The van der Waals surface area contributed by atoms with Crippen molar-refractivity contribution in [3.8, 4) is 5.75 Å². The average Bonchev–Trinajstić information content (AvgIpc) is 2.62. The molecule has 4 nitrogen and oxygen atoms in total. The third kappa shape index (κ3) is 1.48. The fourth-order valence-electron chi connectivity index (χ4n) is 1.21. The highest BCUT2D eigenvalue weighted by atomic mass is 16.5. The molecule has 1 aromatic heterocycles. The van der Waals surface area contributed by atoms with Gasteiger partial charge in [0.25, 0.3) is 0 Å². The monoisotopic (exact) mass is 178 g/mol. The van der Waals surface area contributed by atoms with Crippen LogP contribution in [-0.2, 0) is 0 Å². The Bertz CT molecular complexity index is 397. The Morgan fingerprint density at radius 3 is 3.23 bits per heavy atom. The van der Waals surface area contributed by atoms with Crippen molar-refractivity contribution in [3.63, 3.8) is 0 Å². The van der Waals surface area contributed by atoms with Crippen LogP contribution in [0.25, 0.3) is 11.0 Å². The molecule has 0 spiro atoms. The van der Waals surface area contributed by atoms with Crippen molar-refractivity contribution in [2.24, 2.45) is 0 Å². The van der Waals surface area contributed by atoms with Gasteiger partial charge in [-0.3, -0.25) is 0 Å². The van der Waals surface area contributed by atoms with E-state index in [1.807, 2.05) is 18.2 Å². The third-order valence-electron chi connectivity index (χ3n) is 1.77. The summed E-state index contributed by atoms with van der Waals surface area (Å²) in [5.74, 6) is 0.726. The lowest BCUT2D eigenvalue weighted by atomic mass is 10.3. The molecule has 0 fully saturated rings. The lowest BCUT2D eigenvalue weighted by molar-refractivity contribution is 0.202. The Balaban J connectivity index is 2.37. The van der Waals surface area contributed by atoms with Gasteiger partial charge in [0, 0.05) is 0 Å². The Morgan fingerprint density at radius 2 is 2.38 bits per heavy atom. The summed E-state index contributed by atoms with van der Waals surface area (Å²) in [5.41, 5.74) is 1.74. The number of para-hydroxylation sites is 1. The average molecular weight is 178 g/mol. The smallest absolute Gasteiger partial charge is 0.145 e. The Morgan fingerprint density at radius 1 is 1.46 bits per heavy atom. The van der Waals surface area contributed by atoms with Crippen molar-refractivity contribution in [3.05, 3.63) is 24.5 Å². The van der Waals surface area contributed by atoms with Crippen LogP contribution in [0.4, 0.5) is 0 Å². The zero-order chi connectivity index (χ0) is 9.10. The molecule has 0 aliphatic heterocycles. The van der Waals surface area contributed by atoms with Gasteiger partial charge in [-0.05, 0) is 12.1 Å². The zero-order valence-electron chi connectivity index (χ0n) is 7.03. The fourth-order valence-corrected chi connectivity index (χ4v) is 1.21. The molecule has 68 valence electrons. The number of imidazole rings is 1. The standard InChI is InChI=1S/C9H10N2O2/c12-4-5-13-8-3-1-2-7-9(8)11-6-10-7/h1-3,6,12H,4-5H2,(H,10,11). The van der Waals surface area contributed by atoms with E-state index < -0.39 is 0 Å². The highest BCUT2D eigenvalue weighted by Gasteiger charge is 2.02. The van der Waals surface area contributed by atoms with Gasteiger partial charge in [0.2, 0.25) is 0 Å². The highest BCUT2D eigenvalue weighted by molar-refractivity contribution is 5.80. The minimum absolute atomic E-state index is 0.0184. The van der Waals surface area contributed by atoms with Gasteiger partial charge in [-0.25, -0.2) is 4.98 Å². The van der Waals surface area contributed by atoms with Crippen LogP contribution in [0.1, 0.15) is 0 Å². The molecule has 0 bridgehead atoms. The van der Waals surface area contributed by atoms with Gasteiger partial charge >= 0.3 is 0 Å². The van der Waals surface area contributed by atoms with E-state index in [9.17, 15) is 0 Å². The van der Waals surface area contributed by atoms with Crippen molar-refractivity contribution < 1.29 is 9.84 Å². The molecule has 0 aliphatic rings. The molecular formula is C9H10N2O2. The summed E-state index contributed by atoms with van der Waals surface area (Å²) >= 11 is 0. The minimum atomic E-state index is 0.0184. The number of aromatic amines is 1. The zero-order valence-corrected chi connectivity index (χ0v) is 7.03. The molecule has 0 atom stereocenters. The molecular weight excluding hydrogens is 168 g/mol. The van der Waals surface area contributed by atoms with Crippen molar-refractivity contribution in [2.45, 2.75) is 0 Å². The number of aliphatic hydroxyl groups is 1. The van der Waals surface area contributed by atoms with Crippen molar-refractivity contribution in [1.29, 1.82) is 0 Å². The number of rotatable bonds is 3. The topological polar surface area (TPSA) is 58.1 Å². The van der Waals surface area contributed by atoms with E-state index in [1.54, 1.807) is 6.33 Å². The molecule has 0 amide bonds. The Hall–Kier alpha value is -1.55. The summed E-state index contributed by atoms with van der Waals surface area (Å²) in [6.45, 7) is 0.322. The predicted molar refractivity (Wildman–Crippen MR) is 48.7 cm³/mol. The number of benzene rings is 1. The number of aliphatic hydroxyl groups excluding tert-OH is 1. The molecule has 0 unspecified atom stereocenters. The number of fused-ring (bicyclic) bond motifs is 1. The fraction of sp³-hybridized carbons (Fsp3) is 0.222. The third-order valence-corrected chi connectivity index (χ3v) is 1.77. The van der Waals surface area contributed by atoms with Crippen LogP contribution in [0.5, 0.6) is 5.75 Å². The maximum atomic E-state index is 8.60. The number of aromatic nitrogens is 2. The van der Waals surface area contributed by atoms with Crippen LogP contribution in [0, 0.1) is 0 Å². The first-order valence-corrected chi connectivity index (χ1v) is 4.07. The maximum Gasteiger partial charge on any atom is 0.145 e. The van der Waals surface area contributed by atoms with Crippen LogP contribution < -0.4 is 4.74 Å². The van der Waals surface area contributed by atoms with E-state index in [2.05, 4.69) is 9.97 Å². The highest BCUT2D eigenvalue weighted by Crippen LogP contribution is 2.21. The lowest BCUT2D eigenvalue weighted by Gasteiger charge is -2.03. The first-order valence-electron chi connectivity index (χ1n) is 4.07. The molecule has 2 aromatic rings. The van der Waals surface area contributed by atoms with Gasteiger partial charge in [0.05, 0.1) is 18.5 Å². The second kappa shape index (κ2) is 3.45. The Kier molecular flexibility index (Phi) is 2.14. The van der Waals surface area contributed by atoms with Crippen molar-refractivity contribution in [1.82, 2.24) is 9.97 Å². The molecule has 1 aromatic carbocycles. The summed E-state index contributed by atoms with van der Waals surface area (Å²) in [7, 11) is 0. The SMILES string of the molecule is OCCOc1cccc2nc[nH]c12. The van der Waals surface area contributed by atoms with Crippen molar-refractivity contribution in [2.75, 3.05) is 13.2 Å². The molecule has 4 heteroatoms. The lowest BCUT2D eigenvalue weighted by Crippen LogP contribution is -2.01. The largest absolute Gasteiger partial charge is 0.489 e. The number of ether oxygens (including phenoxy) is 1. The molecule has 2 N–H and O–H groups in total. The second-order valence-corrected chi connectivity index (χ2v) is 2.62. The van der Waals surface area contributed by atoms with Crippen LogP contribution in [0.3, 0.4) is 0 Å². The number of hydrogen-bond acceptors (Lipinski definition) is 3. The van der Waals surface area contributed by atoms with E-state index in [-0.39, 0.29) is 6.61 Å². The molecule has 13 heavy (non-hydrogen) atoms. The van der Waals surface area contributed by atoms with Crippen LogP contribution in [0.2, 0.25) is 0 Å². The number of nitrogens with zero attached hydrogens (tertiary/aromatic N) is 1. The minimum Gasteiger partial charge on any atom is -0.489 e. The number of nitrogens with one attached hydrogen (secondary N) is 1. The molecule has 0 radical (unpaired) electrons. The van der Waals surface area contributed by atoms with Crippen LogP contribution in [0.15, 0.2) is 24.5 Å². The summed E-state index contributed by atoms with van der Waals surface area (Å²) in [6, 6.07) is 5.61. The molecule has 0 saturated carbocycles. The van der Waals surface area contributed by atoms with Gasteiger partial charge in [-0.1, -0.05) is 6.07 Å². The van der Waals surface area contributed by atoms with Gasteiger partial charge in [0.15, 0.2) is 0 Å². The maximum absolute atomic E-state index is 8.60. The quantitative estimate of drug-likeness (QED) is 0.735. The second-order valence-electron chi connectivity index (χ2n) is 2.62. The normalized spacial score (nSPS) is 10.5. The van der Waals surface area contributed by atoms with Gasteiger partial charge in [0.1, 0.15) is 17.9 Å². The first kappa shape index (κ1) is 8.07. The number of H-pyrrole nitrogens is 1. The van der Waals surface area contributed by atoms with E-state index >= 15 is 0 Å².